The zero-order chi connectivity index (χ0) is 98.4. The minimum atomic E-state index is -3.48. The first-order valence-electron chi connectivity index (χ1n) is 40.3. The van der Waals surface area contributed by atoms with Crippen molar-refractivity contribution < 1.29 is 98.9 Å². The van der Waals surface area contributed by atoms with Crippen LogP contribution in [0.25, 0.3) is 0 Å². The second-order valence-corrected chi connectivity index (χ2v) is 34.5. The van der Waals surface area contributed by atoms with Crippen molar-refractivity contribution in [3.05, 3.63) is 313 Å². The molecule has 0 saturated carbocycles. The molecular weight excluding hydrogens is 1940 g/mol. The second-order valence-electron chi connectivity index (χ2n) is 26.6. The van der Waals surface area contributed by atoms with Gasteiger partial charge in [-0.2, -0.15) is 4.31 Å². The molecule has 40 heteroatoms. The van der Waals surface area contributed by atoms with E-state index in [2.05, 4.69) is 15.9 Å². The maximum atomic E-state index is 13.1. The summed E-state index contributed by atoms with van der Waals surface area (Å²) < 4.78 is 205. The lowest BCUT2D eigenvalue weighted by molar-refractivity contribution is 0.0792. The normalized spacial score (nSPS) is 12.7. The van der Waals surface area contributed by atoms with Gasteiger partial charge in [-0.1, -0.05) is 94.4 Å². The number of aryl methyl sites for hydroxylation is 1. The molecule has 1 aliphatic heterocycles. The highest BCUT2D eigenvalue weighted by Gasteiger charge is 2.23. The number of amides is 1. The van der Waals surface area contributed by atoms with Crippen LogP contribution in [0.2, 0.25) is 20.1 Å². The molecule has 1 aliphatic rings. The van der Waals surface area contributed by atoms with Gasteiger partial charge in [0.2, 0.25) is 10.0 Å². The molecule has 0 aromatic heterocycles. The van der Waals surface area contributed by atoms with Gasteiger partial charge in [0.25, 0.3) is 5.91 Å². The maximum absolute atomic E-state index is 13.1. The van der Waals surface area contributed by atoms with E-state index in [9.17, 15) is 61.0 Å². The molecular formula is C92H113BrCl4F8N10O14S3. The van der Waals surface area contributed by atoms with Gasteiger partial charge in [0.15, 0.2) is 9.84 Å². The van der Waals surface area contributed by atoms with Gasteiger partial charge in [-0.25, -0.2) is 52.0 Å². The SMILES string of the molecule is CCN(CC)S(=O)(=O)c1ccc(OC/C(F)=C\CN)cc1.CS(=O)c1ccc(OC/C(F)=C\CN)cc1.Cc1cc(OC/C(F)=C\CN)ccc1S(C)(=O)=O.NC/C=C(/F)COc1cc(Cl)cc(Cl)c1.NC/C=C(/F)COc1ccc(Br)cc1.NC/C=C(/F)COc1ccc(C(=O)N2CCCC2)cc1.NC/C=C(/F)COc1cccc(Cl)c1.NC/C=C(/F)COc1ccccc1Cl. The molecule has 1 fully saturated rings. The molecule has 9 rings (SSSR count). The van der Waals surface area contributed by atoms with E-state index in [1.807, 2.05) is 17.0 Å². The number of ether oxygens (including phenoxy) is 8. The number of likely N-dealkylation sites (tertiary alicyclic amines) is 1. The number of rotatable bonds is 39. The zero-order valence-corrected chi connectivity index (χ0v) is 80.4. The Labute approximate surface area is 798 Å². The van der Waals surface area contributed by atoms with Crippen LogP contribution in [0.15, 0.2) is 296 Å². The number of hydrogen-bond donors (Lipinski definition) is 8. The molecule has 0 bridgehead atoms. The van der Waals surface area contributed by atoms with E-state index in [1.54, 1.807) is 160 Å². The summed E-state index contributed by atoms with van der Waals surface area (Å²) in [4.78, 5) is 15.1. The Hall–Kier alpha value is -9.68. The molecule has 0 aliphatic carbocycles. The summed E-state index contributed by atoms with van der Waals surface area (Å²) in [5.74, 6) is 0.727. The highest BCUT2D eigenvalue weighted by atomic mass is 79.9. The van der Waals surface area contributed by atoms with E-state index in [0.717, 1.165) is 36.7 Å². The summed E-state index contributed by atoms with van der Waals surface area (Å²) in [5, 5.41) is 1.92. The molecule has 1 unspecified atom stereocenters. The Morgan fingerprint density at radius 2 is 0.742 bits per heavy atom. The van der Waals surface area contributed by atoms with E-state index in [1.165, 1.54) is 89.3 Å². The van der Waals surface area contributed by atoms with Crippen molar-refractivity contribution >= 4 is 98.9 Å². The third-order valence-electron chi connectivity index (χ3n) is 16.4. The highest BCUT2D eigenvalue weighted by Crippen LogP contribution is 2.29. The molecule has 1 atom stereocenters. The Morgan fingerprint density at radius 3 is 1.09 bits per heavy atom. The Balaban J connectivity index is 0.000000513. The van der Waals surface area contributed by atoms with Crippen molar-refractivity contribution in [2.45, 2.75) is 48.3 Å². The number of benzene rings is 8. The average Bonchev–Trinajstić information content (AvgIpc) is 0.876. The first-order chi connectivity index (χ1) is 62.9. The van der Waals surface area contributed by atoms with Crippen molar-refractivity contribution in [2.24, 2.45) is 45.9 Å². The molecule has 1 heterocycles. The number of carbonyl (C=O) groups is 1. The van der Waals surface area contributed by atoms with Gasteiger partial charge in [-0.15, -0.1) is 0 Å². The first-order valence-corrected chi connectivity index (χ1v) is 47.5. The van der Waals surface area contributed by atoms with Gasteiger partial charge in [0.05, 0.1) is 14.8 Å². The van der Waals surface area contributed by atoms with Crippen LogP contribution in [0.1, 0.15) is 42.6 Å². The molecule has 8 aromatic carbocycles. The van der Waals surface area contributed by atoms with Gasteiger partial charge in [0, 0.05) is 132 Å². The van der Waals surface area contributed by atoms with E-state index < -0.39 is 65.6 Å². The van der Waals surface area contributed by atoms with Crippen molar-refractivity contribution in [3.63, 3.8) is 0 Å². The number of nitrogens with zero attached hydrogens (tertiary/aromatic N) is 2. The van der Waals surface area contributed by atoms with Crippen LogP contribution in [0.4, 0.5) is 35.1 Å². The van der Waals surface area contributed by atoms with Crippen LogP contribution in [-0.4, -0.2) is 180 Å². The fourth-order valence-electron chi connectivity index (χ4n) is 10.0. The van der Waals surface area contributed by atoms with Crippen LogP contribution < -0.4 is 83.8 Å². The number of halogens is 13. The van der Waals surface area contributed by atoms with E-state index in [0.29, 0.717) is 95.2 Å². The topological polar surface area (TPSA) is 391 Å². The van der Waals surface area contributed by atoms with Gasteiger partial charge in [-0.05, 0) is 238 Å². The summed E-state index contributed by atoms with van der Waals surface area (Å²) in [6.45, 7) is 7.69. The van der Waals surface area contributed by atoms with Gasteiger partial charge in [-0.3, -0.25) is 9.00 Å². The number of carbonyl (C=O) groups excluding carboxylic acids is 1. The van der Waals surface area contributed by atoms with Crippen molar-refractivity contribution in [1.82, 2.24) is 9.21 Å². The number of sulfone groups is 1. The van der Waals surface area contributed by atoms with Crippen molar-refractivity contribution in [1.29, 1.82) is 0 Å². The van der Waals surface area contributed by atoms with Crippen molar-refractivity contribution in [2.75, 3.05) is 144 Å². The minimum absolute atomic E-state index is 0.0447. The molecule has 0 spiro atoms. The van der Waals surface area contributed by atoms with Crippen LogP contribution in [-0.2, 0) is 30.7 Å². The third-order valence-corrected chi connectivity index (χ3v) is 22.1. The molecule has 724 valence electrons. The minimum Gasteiger partial charge on any atom is -0.487 e. The lowest BCUT2D eigenvalue weighted by atomic mass is 10.2. The predicted octanol–water partition coefficient (Wildman–Crippen LogP) is 18.1. The summed E-state index contributed by atoms with van der Waals surface area (Å²) in [6.07, 6.45) is 14.9. The summed E-state index contributed by atoms with van der Waals surface area (Å²) >= 11 is 26.3. The van der Waals surface area contributed by atoms with Crippen LogP contribution in [0.5, 0.6) is 46.0 Å². The van der Waals surface area contributed by atoms with Crippen LogP contribution in [0, 0.1) is 6.92 Å². The summed E-state index contributed by atoms with van der Waals surface area (Å²) in [6, 6.07) is 49.5. The molecule has 1 amide bonds. The Kier molecular flexibility index (Phi) is 61.3. The number of sulfonamides is 1. The number of hydrogen-bond acceptors (Lipinski definition) is 22. The van der Waals surface area contributed by atoms with Gasteiger partial charge < -0.3 is 88.7 Å². The molecule has 0 radical (unpaired) electrons. The largest absolute Gasteiger partial charge is 0.487 e. The average molecular weight is 2050 g/mol. The quantitative estimate of drug-likeness (QED) is 0.0166. The smallest absolute Gasteiger partial charge is 0.253 e. The number of nitrogens with two attached hydrogens (primary N) is 8. The molecule has 1 saturated heterocycles. The summed E-state index contributed by atoms with van der Waals surface area (Å²) in [5.41, 5.74) is 42.4. The van der Waals surface area contributed by atoms with E-state index in [4.69, 9.17) is 130 Å². The van der Waals surface area contributed by atoms with E-state index in [-0.39, 0.29) is 133 Å². The fourth-order valence-corrected chi connectivity index (χ4v) is 14.1. The van der Waals surface area contributed by atoms with E-state index >= 15 is 0 Å². The first kappa shape index (κ1) is 118. The molecule has 132 heavy (non-hydrogen) atoms. The van der Waals surface area contributed by atoms with Crippen LogP contribution in [0.3, 0.4) is 0 Å². The summed E-state index contributed by atoms with van der Waals surface area (Å²) in [7, 11) is -7.74. The molecule has 24 nitrogen and oxygen atoms in total. The predicted molar refractivity (Wildman–Crippen MR) is 515 cm³/mol. The lowest BCUT2D eigenvalue weighted by Gasteiger charge is -2.18. The maximum Gasteiger partial charge on any atom is 0.253 e. The van der Waals surface area contributed by atoms with Gasteiger partial charge in [0.1, 0.15) is 145 Å². The highest BCUT2D eigenvalue weighted by molar-refractivity contribution is 9.10. The zero-order valence-electron chi connectivity index (χ0n) is 73.4. The second kappa shape index (κ2) is 68.3. The lowest BCUT2D eigenvalue weighted by Crippen LogP contribution is -2.30. The van der Waals surface area contributed by atoms with Crippen LogP contribution >= 0.6 is 62.3 Å². The molecule has 8 aromatic rings. The third kappa shape index (κ3) is 52.1. The number of para-hydroxylation sites is 1. The molecule has 16 N–H and O–H groups in total. The fraction of sp³-hybridized carbons (Fsp3) is 0.293. The Morgan fingerprint density at radius 1 is 0.417 bits per heavy atom. The monoisotopic (exact) mass is 2050 g/mol. The Bertz CT molecular complexity index is 5230. The standard InChI is InChI=1S/C15H19FN2O2.C14H21FN2O3S.C12H16FNO3S.C11H14FNO2S.C10H11BrFNO.C10H10Cl2FNO.2C10H11ClFNO/c16-13(7-8-17)11-20-14-5-3-12(4-6-14)15(19)18-9-1-2-10-18;1-3-17(4-2)21(18,19)14-7-5-13(6-8-14)20-11-12(15)9-10-16;1-9-7-11(17-8-10(13)5-6-14)3-4-12(9)18(2,15)16;1-16(14)11-4-2-10(3-5-11)15-8-9(12)6-7-13;11-8-1-3-10(4-2-8)14-7-9(12)5-6-13;11-7-3-8(12)5-10(4-7)15-6-9(13)1-2-14;11-8-2-1-3-10(6-8)14-7-9(12)4-5-13;11-9-3-1-2-4-10(9)14-7-8(12)5-6-13/h3-7H,1-2,8-11,17H2;5-9H,3-4,10-11,16H2,1-2H3;3-5,7H,6,8,14H2,1-2H3;2-6H,7-8,13H2,1H3;1-5H,6-7,13H2;1,3-5H,2,6,14H2;1-4,6H,5,7,13H2;1-5H,6-7,13H2/b13-7+;12-9+;10-5+;9-6+;9-5+;9-1+;9-4+;8-5+. The van der Waals surface area contributed by atoms with Gasteiger partial charge >= 0.3 is 0 Å². The van der Waals surface area contributed by atoms with Crippen molar-refractivity contribution in [3.8, 4) is 46.0 Å².